The number of benzene rings is 1. The van der Waals surface area contributed by atoms with E-state index >= 15 is 0 Å². The molecule has 0 unspecified atom stereocenters. The predicted molar refractivity (Wildman–Crippen MR) is 81.9 cm³/mol. The summed E-state index contributed by atoms with van der Waals surface area (Å²) in [5.74, 6) is -3.02. The number of amides is 1. The van der Waals surface area contributed by atoms with Crippen molar-refractivity contribution in [2.45, 2.75) is 45.3 Å². The fourth-order valence-electron chi connectivity index (χ4n) is 2.18. The van der Waals surface area contributed by atoms with E-state index in [1.165, 1.54) is 12.1 Å². The summed E-state index contributed by atoms with van der Waals surface area (Å²) < 4.78 is 37.6. The van der Waals surface area contributed by atoms with Crippen molar-refractivity contribution in [1.82, 2.24) is 5.32 Å². The minimum atomic E-state index is -4.42. The monoisotopic (exact) mass is 340 g/mol. The van der Waals surface area contributed by atoms with Gasteiger partial charge in [0.1, 0.15) is 0 Å². The molecule has 1 amide bonds. The van der Waals surface area contributed by atoms with Crippen LogP contribution in [0, 0.1) is 17.2 Å². The van der Waals surface area contributed by atoms with E-state index in [9.17, 15) is 22.8 Å². The molecule has 1 rings (SSSR count). The van der Waals surface area contributed by atoms with Crippen molar-refractivity contribution in [2.75, 3.05) is 0 Å². The molecular weight excluding hydrogens is 321 g/mol. The van der Waals surface area contributed by atoms with Gasteiger partial charge in [0, 0.05) is 12.5 Å². The third kappa shape index (κ3) is 5.37. The largest absolute Gasteiger partial charge is 0.416 e. The number of nitriles is 1. The highest BCUT2D eigenvalue weighted by Crippen LogP contribution is 2.30. The molecule has 0 spiro atoms. The first-order valence-electron chi connectivity index (χ1n) is 7.46. The first-order valence-corrected chi connectivity index (χ1v) is 7.46. The molecule has 130 valence electrons. The Morgan fingerprint density at radius 1 is 1.17 bits per heavy atom. The number of hydrogen-bond donors (Lipinski definition) is 1. The van der Waals surface area contributed by atoms with Gasteiger partial charge >= 0.3 is 6.18 Å². The Balaban J connectivity index is 2.79. The summed E-state index contributed by atoms with van der Waals surface area (Å²) in [6.45, 7) is 5.08. The Labute approximate surface area is 138 Å². The third-order valence-electron chi connectivity index (χ3n) is 3.46. The zero-order valence-corrected chi connectivity index (χ0v) is 13.6. The van der Waals surface area contributed by atoms with Crippen LogP contribution in [0.3, 0.4) is 0 Å². The number of Topliss-reactive ketones (excluding diaryl/α,β-unsaturated/α-hetero) is 1. The molecule has 0 heterocycles. The van der Waals surface area contributed by atoms with Crippen LogP contribution >= 0.6 is 0 Å². The van der Waals surface area contributed by atoms with Gasteiger partial charge < -0.3 is 5.32 Å². The van der Waals surface area contributed by atoms with Crippen LogP contribution in [0.5, 0.6) is 0 Å². The maximum absolute atomic E-state index is 12.5. The number of alkyl halides is 3. The van der Waals surface area contributed by atoms with Gasteiger partial charge in [-0.2, -0.15) is 18.4 Å². The third-order valence-corrected chi connectivity index (χ3v) is 3.46. The second-order valence-electron chi connectivity index (χ2n) is 5.92. The predicted octanol–water partition coefficient (Wildman–Crippen LogP) is 3.43. The topological polar surface area (TPSA) is 70.0 Å². The van der Waals surface area contributed by atoms with E-state index in [1.807, 2.05) is 0 Å². The summed E-state index contributed by atoms with van der Waals surface area (Å²) in [7, 11) is 0. The normalized spacial score (nSPS) is 13.9. The summed E-state index contributed by atoms with van der Waals surface area (Å²) in [6, 6.07) is 5.98. The van der Waals surface area contributed by atoms with Crippen molar-refractivity contribution < 1.29 is 22.8 Å². The summed E-state index contributed by atoms with van der Waals surface area (Å²) in [5.41, 5.74) is -0.228. The van der Waals surface area contributed by atoms with Crippen LogP contribution in [0.25, 0.3) is 0 Å². The van der Waals surface area contributed by atoms with Crippen LogP contribution in [-0.4, -0.2) is 17.7 Å². The lowest BCUT2D eigenvalue weighted by Gasteiger charge is -2.16. The number of nitrogens with one attached hydrogen (secondary N) is 1. The fourth-order valence-corrected chi connectivity index (χ4v) is 2.18. The maximum Gasteiger partial charge on any atom is 0.416 e. The first-order chi connectivity index (χ1) is 11.1. The zero-order valence-electron chi connectivity index (χ0n) is 13.6. The molecule has 0 saturated heterocycles. The second-order valence-corrected chi connectivity index (χ2v) is 5.92. The molecule has 7 heteroatoms. The van der Waals surface area contributed by atoms with Crippen molar-refractivity contribution in [3.8, 4) is 6.07 Å². The molecule has 0 aliphatic heterocycles. The summed E-state index contributed by atoms with van der Waals surface area (Å²) in [5, 5.41) is 11.5. The average Bonchev–Trinajstić information content (AvgIpc) is 2.46. The summed E-state index contributed by atoms with van der Waals surface area (Å²) in [6.07, 6.45) is -4.52. The van der Waals surface area contributed by atoms with Crippen LogP contribution in [0.1, 0.15) is 44.2 Å². The highest BCUT2D eigenvalue weighted by molar-refractivity contribution is 6.04. The SMILES string of the molecule is CC(C)NC(=O)[C@@H](C#N)C(=O)C[C@H](C)c1ccc(C(F)(F)F)cc1. The van der Waals surface area contributed by atoms with Crippen LogP contribution in [0.4, 0.5) is 13.2 Å². The van der Waals surface area contributed by atoms with Crippen LogP contribution < -0.4 is 5.32 Å². The molecule has 0 radical (unpaired) electrons. The van der Waals surface area contributed by atoms with E-state index in [1.54, 1.807) is 26.8 Å². The van der Waals surface area contributed by atoms with Gasteiger partial charge in [0.15, 0.2) is 11.7 Å². The quantitative estimate of drug-likeness (QED) is 0.807. The number of hydrogen-bond acceptors (Lipinski definition) is 3. The number of carbonyl (C=O) groups excluding carboxylic acids is 2. The summed E-state index contributed by atoms with van der Waals surface area (Å²) in [4.78, 5) is 24.0. The second kappa shape index (κ2) is 7.95. The van der Waals surface area contributed by atoms with Crippen LogP contribution in [-0.2, 0) is 15.8 Å². The van der Waals surface area contributed by atoms with E-state index in [4.69, 9.17) is 5.26 Å². The number of rotatable bonds is 6. The Morgan fingerprint density at radius 2 is 1.71 bits per heavy atom. The van der Waals surface area contributed by atoms with Gasteiger partial charge in [0.25, 0.3) is 0 Å². The lowest BCUT2D eigenvalue weighted by atomic mass is 9.90. The van der Waals surface area contributed by atoms with E-state index in [0.29, 0.717) is 5.56 Å². The minimum absolute atomic E-state index is 0.102. The van der Waals surface area contributed by atoms with E-state index in [-0.39, 0.29) is 12.5 Å². The first kappa shape index (κ1) is 19.7. The van der Waals surface area contributed by atoms with Gasteiger partial charge in [-0.15, -0.1) is 0 Å². The molecule has 0 bridgehead atoms. The van der Waals surface area contributed by atoms with Gasteiger partial charge in [-0.3, -0.25) is 9.59 Å². The molecule has 1 N–H and O–H groups in total. The molecule has 0 aliphatic rings. The molecule has 0 aliphatic carbocycles. The number of halogens is 3. The maximum atomic E-state index is 12.5. The molecule has 2 atom stereocenters. The highest BCUT2D eigenvalue weighted by Gasteiger charge is 2.31. The zero-order chi connectivity index (χ0) is 18.5. The van der Waals surface area contributed by atoms with Gasteiger partial charge in [0.2, 0.25) is 5.91 Å². The molecule has 0 saturated carbocycles. The molecule has 1 aromatic carbocycles. The number of nitrogens with zero attached hydrogens (tertiary/aromatic N) is 1. The molecule has 0 aromatic heterocycles. The van der Waals surface area contributed by atoms with Crippen LogP contribution in [0.2, 0.25) is 0 Å². The van der Waals surface area contributed by atoms with Crippen molar-refractivity contribution in [3.63, 3.8) is 0 Å². The van der Waals surface area contributed by atoms with Gasteiger partial charge in [-0.25, -0.2) is 0 Å². The van der Waals surface area contributed by atoms with E-state index < -0.39 is 35.3 Å². The Bertz CT molecular complexity index is 631. The van der Waals surface area contributed by atoms with Crippen molar-refractivity contribution in [2.24, 2.45) is 5.92 Å². The standard InChI is InChI=1S/C17H19F3N2O2/c1-10(2)22-16(24)14(9-21)15(23)8-11(3)12-4-6-13(7-5-12)17(18,19)20/h4-7,10-11,14H,8H2,1-3H3,(H,22,24)/t11-,14-/m0/s1. The van der Waals surface area contributed by atoms with Gasteiger partial charge in [0.05, 0.1) is 11.6 Å². The average molecular weight is 340 g/mol. The van der Waals surface area contributed by atoms with Gasteiger partial charge in [-0.1, -0.05) is 19.1 Å². The Kier molecular flexibility index (Phi) is 6.52. The van der Waals surface area contributed by atoms with Gasteiger partial charge in [-0.05, 0) is 37.5 Å². The lowest BCUT2D eigenvalue weighted by molar-refractivity contribution is -0.137. The highest BCUT2D eigenvalue weighted by atomic mass is 19.4. The lowest BCUT2D eigenvalue weighted by Crippen LogP contribution is -2.38. The number of ketones is 1. The molecular formula is C17H19F3N2O2. The fraction of sp³-hybridized carbons (Fsp3) is 0.471. The van der Waals surface area contributed by atoms with Crippen molar-refractivity contribution in [3.05, 3.63) is 35.4 Å². The van der Waals surface area contributed by atoms with Crippen molar-refractivity contribution in [1.29, 1.82) is 5.26 Å². The Hall–Kier alpha value is -2.36. The number of carbonyl (C=O) groups is 2. The van der Waals surface area contributed by atoms with E-state index in [0.717, 1.165) is 12.1 Å². The molecule has 4 nitrogen and oxygen atoms in total. The molecule has 0 fully saturated rings. The van der Waals surface area contributed by atoms with Crippen molar-refractivity contribution >= 4 is 11.7 Å². The minimum Gasteiger partial charge on any atom is -0.352 e. The Morgan fingerprint density at radius 3 is 2.12 bits per heavy atom. The summed E-state index contributed by atoms with van der Waals surface area (Å²) >= 11 is 0. The van der Waals surface area contributed by atoms with E-state index in [2.05, 4.69) is 5.32 Å². The molecule has 24 heavy (non-hydrogen) atoms. The van der Waals surface area contributed by atoms with Crippen LogP contribution in [0.15, 0.2) is 24.3 Å². The molecule has 1 aromatic rings. The smallest absolute Gasteiger partial charge is 0.352 e.